The van der Waals surface area contributed by atoms with Gasteiger partial charge in [-0.2, -0.15) is 0 Å². The topological polar surface area (TPSA) is 41.1 Å². The molecule has 0 unspecified atom stereocenters. The second-order valence-electron chi connectivity index (χ2n) is 15.8. The van der Waals surface area contributed by atoms with Crippen molar-refractivity contribution in [3.05, 3.63) is 186 Å². The number of aromatic nitrogens is 1. The molecule has 2 aromatic heterocycles. The molecular weight excluding hydrogens is 711 g/mol. The van der Waals surface area contributed by atoms with E-state index in [-0.39, 0.29) is 0 Å². The maximum atomic E-state index is 9.93. The highest BCUT2D eigenvalue weighted by molar-refractivity contribution is 7.25. The summed E-state index contributed by atoms with van der Waals surface area (Å²) in [6, 6.07) is 59.1. The summed E-state index contributed by atoms with van der Waals surface area (Å²) in [7, 11) is 0. The van der Waals surface area contributed by atoms with Crippen molar-refractivity contribution in [2.75, 3.05) is 0 Å². The smallest absolute Gasteiger partial charge is 0.100 e. The molecular formula is C53H35N3S. The van der Waals surface area contributed by atoms with Crippen LogP contribution >= 0.6 is 11.3 Å². The van der Waals surface area contributed by atoms with Crippen molar-refractivity contribution in [3.8, 4) is 0 Å². The fourth-order valence-corrected chi connectivity index (χ4v) is 11.0. The molecule has 9 aromatic carbocycles. The van der Waals surface area contributed by atoms with Crippen molar-refractivity contribution in [3.63, 3.8) is 0 Å². The average molecular weight is 746 g/mol. The van der Waals surface area contributed by atoms with Gasteiger partial charge < -0.3 is 0 Å². The molecule has 57 heavy (non-hydrogen) atoms. The van der Waals surface area contributed by atoms with Gasteiger partial charge in [0.05, 0.1) is 22.4 Å². The van der Waals surface area contributed by atoms with Crippen LogP contribution in [0.4, 0.5) is 0 Å². The van der Waals surface area contributed by atoms with Crippen LogP contribution in [0.15, 0.2) is 174 Å². The maximum absolute atomic E-state index is 9.93. The third-order valence-electron chi connectivity index (χ3n) is 12.5. The van der Waals surface area contributed by atoms with Gasteiger partial charge in [0.2, 0.25) is 0 Å². The minimum absolute atomic E-state index is 0.431. The Morgan fingerprint density at radius 1 is 0.544 bits per heavy atom. The van der Waals surface area contributed by atoms with Crippen molar-refractivity contribution in [1.29, 1.82) is 5.41 Å². The van der Waals surface area contributed by atoms with Crippen molar-refractivity contribution >= 4 is 114 Å². The van der Waals surface area contributed by atoms with E-state index in [1.165, 1.54) is 79.6 Å². The van der Waals surface area contributed by atoms with E-state index in [1.807, 2.05) is 6.34 Å². The zero-order chi connectivity index (χ0) is 38.0. The molecule has 0 fully saturated rings. The third kappa shape index (κ3) is 4.47. The highest BCUT2D eigenvalue weighted by Gasteiger charge is 2.40. The van der Waals surface area contributed by atoms with E-state index in [0.717, 1.165) is 33.4 Å². The van der Waals surface area contributed by atoms with Crippen molar-refractivity contribution in [2.24, 2.45) is 4.99 Å². The van der Waals surface area contributed by atoms with E-state index in [9.17, 15) is 5.41 Å². The summed E-state index contributed by atoms with van der Waals surface area (Å²) in [6.45, 7) is 4.48. The van der Waals surface area contributed by atoms with E-state index >= 15 is 0 Å². The fourth-order valence-electron chi connectivity index (χ4n) is 9.92. The summed E-state index contributed by atoms with van der Waals surface area (Å²) in [4.78, 5) is 5.48. The van der Waals surface area contributed by atoms with Gasteiger partial charge in [0.25, 0.3) is 0 Å². The van der Waals surface area contributed by atoms with E-state index in [2.05, 4.69) is 182 Å². The van der Waals surface area contributed by atoms with Gasteiger partial charge in [-0.1, -0.05) is 147 Å². The lowest BCUT2D eigenvalue weighted by molar-refractivity contribution is 0.661. The molecule has 0 amide bonds. The summed E-state index contributed by atoms with van der Waals surface area (Å²) in [6.07, 6.45) is 2.02. The average Bonchev–Trinajstić information content (AvgIpc) is 3.87. The Balaban J connectivity index is 1.14. The molecule has 4 heteroatoms. The minimum atomic E-state index is -0.431. The molecule has 1 N–H and O–H groups in total. The number of fused-ring (bicyclic) bond motifs is 16. The Morgan fingerprint density at radius 2 is 1.14 bits per heavy atom. The fraction of sp³-hybridized carbons (Fsp3) is 0.0566. The molecule has 2 heterocycles. The lowest BCUT2D eigenvalue weighted by atomic mass is 9.78. The number of allylic oxidation sites excluding steroid dienone is 1. The Bertz CT molecular complexity index is 3600. The van der Waals surface area contributed by atoms with E-state index < -0.39 is 5.41 Å². The predicted molar refractivity (Wildman–Crippen MR) is 246 cm³/mol. The van der Waals surface area contributed by atoms with E-state index in [4.69, 9.17) is 4.99 Å². The number of thiophene rings is 1. The molecule has 0 saturated heterocycles. The molecule has 11 aromatic rings. The van der Waals surface area contributed by atoms with Gasteiger partial charge >= 0.3 is 0 Å². The minimum Gasteiger partial charge on any atom is -0.300 e. The number of hydrogen-bond donors (Lipinski definition) is 1. The first-order valence-electron chi connectivity index (χ1n) is 19.5. The molecule has 3 nitrogen and oxygen atoms in total. The van der Waals surface area contributed by atoms with E-state index in [0.29, 0.717) is 5.71 Å². The Morgan fingerprint density at radius 3 is 1.95 bits per heavy atom. The molecule has 12 rings (SSSR count). The van der Waals surface area contributed by atoms with Gasteiger partial charge in [0, 0.05) is 58.4 Å². The Kier molecular flexibility index (Phi) is 6.71. The van der Waals surface area contributed by atoms with Crippen LogP contribution in [-0.4, -0.2) is 16.6 Å². The number of aliphatic imine (C=N–C) groups is 1. The number of nitrogens with one attached hydrogen (secondary N) is 1. The van der Waals surface area contributed by atoms with Crippen LogP contribution in [-0.2, 0) is 5.41 Å². The standard InChI is InChI=1S/C53H35N3S/c1-53(2)42-21-11-9-20-40(42)52(50(53)51(54)32-24-28-46-41(29-32)37-18-10-12-22-45(37)57-46)55-30-56-43-26-23-31-13-3-4-14-33(31)48(43)49-44(56)27-25-39-36-17-6-5-15-34(36)35-16-7-8-19-38(35)47(39)49/h3-30,54H,1-2H3/b54-51?,55-30+. The molecule has 0 aliphatic heterocycles. The highest BCUT2D eigenvalue weighted by Crippen LogP contribution is 2.49. The molecule has 0 atom stereocenters. The Labute approximate surface area is 332 Å². The molecule has 0 spiro atoms. The molecule has 1 aliphatic rings. The molecule has 0 radical (unpaired) electrons. The molecule has 1 aliphatic carbocycles. The van der Waals surface area contributed by atoms with Crippen LogP contribution in [0, 0.1) is 5.41 Å². The second-order valence-corrected chi connectivity index (χ2v) is 16.9. The van der Waals surface area contributed by atoms with Crippen molar-refractivity contribution < 1.29 is 0 Å². The van der Waals surface area contributed by atoms with Gasteiger partial charge in [-0.05, 0) is 73.6 Å². The van der Waals surface area contributed by atoms with Gasteiger partial charge in [0.1, 0.15) is 6.34 Å². The normalized spacial score (nSPS) is 14.2. The Hall–Kier alpha value is -6.88. The van der Waals surface area contributed by atoms with Gasteiger partial charge in [-0.25, -0.2) is 4.99 Å². The molecule has 0 saturated carbocycles. The van der Waals surface area contributed by atoms with Crippen LogP contribution in [0.5, 0.6) is 0 Å². The van der Waals surface area contributed by atoms with Crippen molar-refractivity contribution in [1.82, 2.24) is 4.57 Å². The number of benzene rings is 9. The summed E-state index contributed by atoms with van der Waals surface area (Å²) < 4.78 is 4.79. The number of hydrogen-bond acceptors (Lipinski definition) is 3. The van der Waals surface area contributed by atoms with Crippen LogP contribution in [0.3, 0.4) is 0 Å². The lowest BCUT2D eigenvalue weighted by Gasteiger charge is -2.25. The highest BCUT2D eigenvalue weighted by atomic mass is 32.1. The first-order chi connectivity index (χ1) is 28.0. The van der Waals surface area contributed by atoms with Crippen LogP contribution < -0.4 is 0 Å². The summed E-state index contributed by atoms with van der Waals surface area (Å²) >= 11 is 1.81. The third-order valence-corrected chi connectivity index (χ3v) is 13.7. The number of nitrogens with zero attached hydrogens (tertiary/aromatic N) is 2. The van der Waals surface area contributed by atoms with Gasteiger partial charge in [-0.3, -0.25) is 9.98 Å². The summed E-state index contributed by atoms with van der Waals surface area (Å²) in [5.41, 5.74) is 7.26. The van der Waals surface area contributed by atoms with Crippen LogP contribution in [0.2, 0.25) is 0 Å². The first-order valence-corrected chi connectivity index (χ1v) is 20.4. The second kappa shape index (κ2) is 11.8. The summed E-state index contributed by atoms with van der Waals surface area (Å²) in [5.74, 6) is 0. The lowest BCUT2D eigenvalue weighted by Crippen LogP contribution is -2.23. The first kappa shape index (κ1) is 32.4. The summed E-state index contributed by atoms with van der Waals surface area (Å²) in [5, 5.41) is 24.8. The quantitative estimate of drug-likeness (QED) is 0.106. The van der Waals surface area contributed by atoms with Crippen LogP contribution in [0.1, 0.15) is 30.5 Å². The molecule has 0 bridgehead atoms. The number of rotatable bonds is 4. The van der Waals surface area contributed by atoms with Crippen molar-refractivity contribution in [2.45, 2.75) is 19.3 Å². The molecule has 268 valence electrons. The zero-order valence-corrected chi connectivity index (χ0v) is 32.3. The predicted octanol–water partition coefficient (Wildman–Crippen LogP) is 14.4. The van der Waals surface area contributed by atoms with E-state index in [1.54, 1.807) is 11.3 Å². The zero-order valence-electron chi connectivity index (χ0n) is 31.5. The SMILES string of the molecule is CC1(C)C(C(=N)c2ccc3sc4ccccc4c3c2)=C(/N=C/n2c3ccc4ccccc4c3c3c4c5ccccc5c5ccccc5c4ccc32)c2ccccc21. The van der Waals surface area contributed by atoms with Crippen LogP contribution in [0.25, 0.3) is 90.8 Å². The maximum Gasteiger partial charge on any atom is 0.100 e. The largest absolute Gasteiger partial charge is 0.300 e. The van der Waals surface area contributed by atoms with Gasteiger partial charge in [0.15, 0.2) is 0 Å². The van der Waals surface area contributed by atoms with Gasteiger partial charge in [-0.15, -0.1) is 11.3 Å². The monoisotopic (exact) mass is 745 g/mol.